The lowest BCUT2D eigenvalue weighted by atomic mass is 10.3. The van der Waals surface area contributed by atoms with Gasteiger partial charge < -0.3 is 15.1 Å². The van der Waals surface area contributed by atoms with Gasteiger partial charge in [-0.2, -0.15) is 0 Å². The Hall–Kier alpha value is -1.17. The lowest BCUT2D eigenvalue weighted by molar-refractivity contribution is 0.370. The summed E-state index contributed by atoms with van der Waals surface area (Å²) in [6.45, 7) is 6.23. The van der Waals surface area contributed by atoms with Gasteiger partial charge in [-0.05, 0) is 13.0 Å². The van der Waals surface area contributed by atoms with Crippen LogP contribution < -0.4 is 10.2 Å². The molecule has 136 valence electrons. The minimum Gasteiger partial charge on any atom is -0.357 e. The van der Waals surface area contributed by atoms with E-state index in [2.05, 4.69) is 30.1 Å². The van der Waals surface area contributed by atoms with E-state index in [0.717, 1.165) is 44.6 Å². The van der Waals surface area contributed by atoms with Gasteiger partial charge >= 0.3 is 0 Å². The number of nitrogens with one attached hydrogen (secondary N) is 1. The molecule has 1 saturated heterocycles. The van der Waals surface area contributed by atoms with Crippen molar-refractivity contribution in [2.75, 3.05) is 56.2 Å². The number of aromatic nitrogens is 2. The van der Waals surface area contributed by atoms with E-state index in [4.69, 9.17) is 0 Å². The first-order chi connectivity index (χ1) is 11.0. The number of guanidine groups is 1. The second-order valence-electron chi connectivity index (χ2n) is 5.39. The van der Waals surface area contributed by atoms with Crippen LogP contribution in [0.15, 0.2) is 23.5 Å². The van der Waals surface area contributed by atoms with Gasteiger partial charge in [-0.1, -0.05) is 0 Å². The number of anilines is 1. The maximum atomic E-state index is 11.2. The molecule has 0 aliphatic carbocycles. The largest absolute Gasteiger partial charge is 0.357 e. The molecule has 8 nitrogen and oxygen atoms in total. The minimum absolute atomic E-state index is 0. The van der Waals surface area contributed by atoms with Gasteiger partial charge in [0.1, 0.15) is 9.84 Å². The van der Waals surface area contributed by atoms with E-state index >= 15 is 0 Å². The van der Waals surface area contributed by atoms with Gasteiger partial charge in [-0.3, -0.25) is 4.99 Å². The summed E-state index contributed by atoms with van der Waals surface area (Å²) in [6.07, 6.45) is 4.71. The highest BCUT2D eigenvalue weighted by atomic mass is 127. The number of sulfone groups is 1. The molecule has 1 aliphatic heterocycles. The Bertz CT molecular complexity index is 617. The van der Waals surface area contributed by atoms with Crippen molar-refractivity contribution in [1.82, 2.24) is 20.2 Å². The highest BCUT2D eigenvalue weighted by molar-refractivity contribution is 14.0. The van der Waals surface area contributed by atoms with E-state index in [1.54, 1.807) is 18.5 Å². The summed E-state index contributed by atoms with van der Waals surface area (Å²) in [5.41, 5.74) is 0. The van der Waals surface area contributed by atoms with Crippen molar-refractivity contribution in [3.05, 3.63) is 18.5 Å². The number of halogens is 1. The lowest BCUT2D eigenvalue weighted by Gasteiger charge is -2.36. The predicted molar refractivity (Wildman–Crippen MR) is 107 cm³/mol. The fraction of sp³-hybridized carbons (Fsp3) is 0.643. The zero-order chi connectivity index (χ0) is 16.7. The summed E-state index contributed by atoms with van der Waals surface area (Å²) in [5.74, 6) is 1.58. The smallest absolute Gasteiger partial charge is 0.225 e. The van der Waals surface area contributed by atoms with Crippen molar-refractivity contribution in [2.24, 2.45) is 4.99 Å². The molecule has 0 saturated carbocycles. The summed E-state index contributed by atoms with van der Waals surface area (Å²) >= 11 is 0. The highest BCUT2D eigenvalue weighted by Gasteiger charge is 2.21. The summed E-state index contributed by atoms with van der Waals surface area (Å²) in [5, 5.41) is 3.22. The van der Waals surface area contributed by atoms with Crippen molar-refractivity contribution in [1.29, 1.82) is 0 Å². The first-order valence-corrected chi connectivity index (χ1v) is 9.78. The SMILES string of the molecule is CCNC(=NCCS(C)(=O)=O)N1CCN(c2ncccn2)CC1.I. The van der Waals surface area contributed by atoms with Crippen LogP contribution in [0.1, 0.15) is 6.92 Å². The standard InChI is InChI=1S/C14H24N6O2S.HI/c1-3-15-13(18-7-12-23(2,21)22)19-8-10-20(11-9-19)14-16-5-4-6-17-14;/h4-6H,3,7-12H2,1-2H3,(H,15,18);1H. The van der Waals surface area contributed by atoms with Crippen molar-refractivity contribution in [3.63, 3.8) is 0 Å². The number of hydrogen-bond donors (Lipinski definition) is 1. The molecule has 1 aromatic rings. The normalized spacial score (nSPS) is 15.8. The third-order valence-electron chi connectivity index (χ3n) is 3.47. The molecule has 0 unspecified atom stereocenters. The molecule has 0 radical (unpaired) electrons. The average Bonchev–Trinajstić information content (AvgIpc) is 2.54. The van der Waals surface area contributed by atoms with Gasteiger partial charge in [-0.25, -0.2) is 18.4 Å². The topological polar surface area (TPSA) is 90.8 Å². The van der Waals surface area contributed by atoms with Crippen LogP contribution in [0, 0.1) is 0 Å². The molecule has 24 heavy (non-hydrogen) atoms. The lowest BCUT2D eigenvalue weighted by Crippen LogP contribution is -2.53. The fourth-order valence-electron chi connectivity index (χ4n) is 2.32. The number of aliphatic imine (C=N–C) groups is 1. The van der Waals surface area contributed by atoms with E-state index in [0.29, 0.717) is 0 Å². The van der Waals surface area contributed by atoms with Crippen molar-refractivity contribution >= 4 is 45.7 Å². The van der Waals surface area contributed by atoms with Gasteiger partial charge in [0.25, 0.3) is 0 Å². The van der Waals surface area contributed by atoms with Gasteiger partial charge in [0.15, 0.2) is 5.96 Å². The van der Waals surface area contributed by atoms with E-state index < -0.39 is 9.84 Å². The predicted octanol–water partition coefficient (Wildman–Crippen LogP) is 0.227. The second kappa shape index (κ2) is 9.97. The Morgan fingerprint density at radius 2 is 1.88 bits per heavy atom. The first kappa shape index (κ1) is 20.9. The van der Waals surface area contributed by atoms with Crippen molar-refractivity contribution in [3.8, 4) is 0 Å². The van der Waals surface area contributed by atoms with Crippen LogP contribution >= 0.6 is 24.0 Å². The molecule has 2 rings (SSSR count). The number of rotatable bonds is 5. The van der Waals surface area contributed by atoms with Crippen LogP contribution in [0.5, 0.6) is 0 Å². The number of nitrogens with zero attached hydrogens (tertiary/aromatic N) is 5. The van der Waals surface area contributed by atoms with E-state index in [1.807, 2.05) is 6.92 Å². The molecule has 0 spiro atoms. The van der Waals surface area contributed by atoms with Gasteiger partial charge in [0, 0.05) is 51.4 Å². The first-order valence-electron chi connectivity index (χ1n) is 7.72. The molecule has 1 fully saturated rings. The van der Waals surface area contributed by atoms with Crippen LogP contribution in [0.4, 0.5) is 5.95 Å². The molecule has 1 aromatic heterocycles. The zero-order valence-corrected chi connectivity index (χ0v) is 17.2. The summed E-state index contributed by atoms with van der Waals surface area (Å²) < 4.78 is 22.4. The third kappa shape index (κ3) is 6.75. The summed E-state index contributed by atoms with van der Waals surface area (Å²) in [6, 6.07) is 1.80. The second-order valence-corrected chi connectivity index (χ2v) is 7.65. The Balaban J connectivity index is 0.00000288. The van der Waals surface area contributed by atoms with Crippen LogP contribution in [-0.2, 0) is 9.84 Å². The minimum atomic E-state index is -2.99. The highest BCUT2D eigenvalue weighted by Crippen LogP contribution is 2.09. The quantitative estimate of drug-likeness (QED) is 0.376. The molecular weight excluding hydrogens is 443 g/mol. The fourth-order valence-corrected chi connectivity index (χ4v) is 2.74. The van der Waals surface area contributed by atoms with E-state index in [9.17, 15) is 8.42 Å². The Morgan fingerprint density at radius 3 is 2.42 bits per heavy atom. The monoisotopic (exact) mass is 468 g/mol. The molecule has 0 atom stereocenters. The van der Waals surface area contributed by atoms with Crippen LogP contribution in [0.2, 0.25) is 0 Å². The Labute approximate surface area is 160 Å². The number of hydrogen-bond acceptors (Lipinski definition) is 6. The molecule has 1 aliphatic rings. The molecule has 2 heterocycles. The average molecular weight is 468 g/mol. The van der Waals surface area contributed by atoms with Crippen molar-refractivity contribution in [2.45, 2.75) is 6.92 Å². The maximum absolute atomic E-state index is 11.2. The molecule has 0 bridgehead atoms. The Morgan fingerprint density at radius 1 is 1.25 bits per heavy atom. The Kier molecular flexibility index (Phi) is 8.67. The van der Waals surface area contributed by atoms with Gasteiger partial charge in [0.05, 0.1) is 12.3 Å². The zero-order valence-electron chi connectivity index (χ0n) is 14.1. The molecular formula is C14H25IN6O2S. The van der Waals surface area contributed by atoms with Gasteiger partial charge in [-0.15, -0.1) is 24.0 Å². The number of piperazine rings is 1. The van der Waals surface area contributed by atoms with Gasteiger partial charge in [0.2, 0.25) is 5.95 Å². The maximum Gasteiger partial charge on any atom is 0.225 e. The van der Waals surface area contributed by atoms with Crippen LogP contribution in [0.3, 0.4) is 0 Å². The van der Waals surface area contributed by atoms with E-state index in [1.165, 1.54) is 6.26 Å². The molecule has 1 N–H and O–H groups in total. The third-order valence-corrected chi connectivity index (χ3v) is 4.40. The summed E-state index contributed by atoms with van der Waals surface area (Å²) in [7, 11) is -2.99. The van der Waals surface area contributed by atoms with Crippen LogP contribution in [0.25, 0.3) is 0 Å². The van der Waals surface area contributed by atoms with Crippen LogP contribution in [-0.4, -0.2) is 80.5 Å². The molecule has 0 aromatic carbocycles. The van der Waals surface area contributed by atoms with Crippen molar-refractivity contribution < 1.29 is 8.42 Å². The summed E-state index contributed by atoms with van der Waals surface area (Å²) in [4.78, 5) is 17.2. The molecule has 10 heteroatoms. The van der Waals surface area contributed by atoms with E-state index in [-0.39, 0.29) is 36.3 Å². The molecule has 0 amide bonds.